The van der Waals surface area contributed by atoms with E-state index in [2.05, 4.69) is 30.5 Å². The number of rotatable bonds is 6. The number of hydrogen-bond acceptors (Lipinski definition) is 5. The van der Waals surface area contributed by atoms with Crippen molar-refractivity contribution in [1.29, 1.82) is 0 Å². The molecule has 5 nitrogen and oxygen atoms in total. The predicted molar refractivity (Wildman–Crippen MR) is 157 cm³/mol. The quantitative estimate of drug-likeness (QED) is 0.306. The van der Waals surface area contributed by atoms with Crippen LogP contribution in [-0.2, 0) is 16.6 Å². The molecule has 0 radical (unpaired) electrons. The lowest BCUT2D eigenvalue weighted by molar-refractivity contribution is -0.0695. The van der Waals surface area contributed by atoms with E-state index in [0.29, 0.717) is 24.5 Å². The van der Waals surface area contributed by atoms with Crippen molar-refractivity contribution in [3.05, 3.63) is 70.8 Å². The Hall–Kier alpha value is -2.50. The Morgan fingerprint density at radius 2 is 2.08 bits per heavy atom. The molecule has 6 heteroatoms. The second-order valence-electron chi connectivity index (χ2n) is 13.1. The molecule has 1 N–H and O–H groups in total. The summed E-state index contributed by atoms with van der Waals surface area (Å²) in [6.45, 7) is 13.8. The lowest BCUT2D eigenvalue weighted by Crippen LogP contribution is -2.53. The highest BCUT2D eigenvalue weighted by Gasteiger charge is 2.49. The van der Waals surface area contributed by atoms with Gasteiger partial charge in [-0.05, 0) is 112 Å². The molecule has 1 spiro atoms. The van der Waals surface area contributed by atoms with E-state index in [0.717, 1.165) is 61.7 Å². The van der Waals surface area contributed by atoms with Gasteiger partial charge in [-0.2, -0.15) is 0 Å². The fourth-order valence-corrected chi connectivity index (χ4v) is 7.01. The summed E-state index contributed by atoms with van der Waals surface area (Å²) in [5.41, 5.74) is 3.11. The zero-order chi connectivity index (χ0) is 28.0. The van der Waals surface area contributed by atoms with Crippen LogP contribution in [0.4, 0.5) is 5.69 Å². The van der Waals surface area contributed by atoms with Gasteiger partial charge in [-0.15, -0.1) is 6.58 Å². The molecular formula is C33H42ClNO4. The maximum atomic E-state index is 13.0. The van der Waals surface area contributed by atoms with Crippen molar-refractivity contribution in [2.45, 2.75) is 83.3 Å². The Morgan fingerprint density at radius 3 is 2.77 bits per heavy atom. The van der Waals surface area contributed by atoms with E-state index >= 15 is 0 Å². The van der Waals surface area contributed by atoms with Crippen LogP contribution in [0.25, 0.3) is 0 Å². The monoisotopic (exact) mass is 551 g/mol. The Bertz CT molecular complexity index is 1250. The minimum atomic E-state index is -0.577. The molecule has 1 aliphatic heterocycles. The summed E-state index contributed by atoms with van der Waals surface area (Å²) >= 11 is 6.40. The average molecular weight is 552 g/mol. The maximum Gasteiger partial charge on any atom is 0.338 e. The van der Waals surface area contributed by atoms with Crippen molar-refractivity contribution >= 4 is 23.3 Å². The molecular weight excluding hydrogens is 510 g/mol. The molecule has 1 heterocycles. The highest BCUT2D eigenvalue weighted by atomic mass is 35.5. The van der Waals surface area contributed by atoms with Crippen LogP contribution < -0.4 is 9.64 Å². The Labute approximate surface area is 238 Å². The summed E-state index contributed by atoms with van der Waals surface area (Å²) in [5, 5.41) is 11.8. The molecule has 2 aromatic carbocycles. The standard InChI is InChI=1S/C33H42ClNO4/c1-6-8-29(36)32(5)16-14-24(32)19-35-20-33(15-7-9-22-17-25(34)11-12-26(22)33)21-38-28-13-10-23(18-27(28)35)30(37)39-31(2,3)4/h6,10-13,17-18,24,29,36H,1,7-9,14-16,19-21H2,2-5H3/t24-,29-,32-,33?/m0/s1. The van der Waals surface area contributed by atoms with Crippen molar-refractivity contribution in [3.63, 3.8) is 0 Å². The first-order chi connectivity index (χ1) is 18.4. The number of halogens is 1. The van der Waals surface area contributed by atoms with E-state index in [1.54, 1.807) is 6.07 Å². The van der Waals surface area contributed by atoms with E-state index in [-0.39, 0.29) is 16.8 Å². The normalized spacial score (nSPS) is 26.9. The summed E-state index contributed by atoms with van der Waals surface area (Å²) in [4.78, 5) is 15.5. The number of aryl methyl sites for hydroxylation is 1. The van der Waals surface area contributed by atoms with E-state index in [9.17, 15) is 9.90 Å². The Balaban J connectivity index is 1.54. The highest BCUT2D eigenvalue weighted by molar-refractivity contribution is 6.30. The van der Waals surface area contributed by atoms with Crippen molar-refractivity contribution in [2.24, 2.45) is 11.3 Å². The van der Waals surface area contributed by atoms with Gasteiger partial charge in [0.25, 0.3) is 0 Å². The van der Waals surface area contributed by atoms with Crippen LogP contribution in [0.2, 0.25) is 5.02 Å². The molecule has 39 heavy (non-hydrogen) atoms. The molecule has 0 aromatic heterocycles. The fraction of sp³-hybridized carbons (Fsp3) is 0.545. The molecule has 1 fully saturated rings. The van der Waals surface area contributed by atoms with Crippen LogP contribution in [0.1, 0.15) is 81.3 Å². The molecule has 0 amide bonds. The number of benzene rings is 2. The van der Waals surface area contributed by atoms with Crippen molar-refractivity contribution < 1.29 is 19.4 Å². The second-order valence-corrected chi connectivity index (χ2v) is 13.5. The third-order valence-corrected chi connectivity index (χ3v) is 9.46. The van der Waals surface area contributed by atoms with Crippen LogP contribution in [0.3, 0.4) is 0 Å². The minimum Gasteiger partial charge on any atom is -0.490 e. The number of carbonyl (C=O) groups excluding carboxylic acids is 1. The van der Waals surface area contributed by atoms with Gasteiger partial charge in [-0.25, -0.2) is 4.79 Å². The predicted octanol–water partition coefficient (Wildman–Crippen LogP) is 7.12. The summed E-state index contributed by atoms with van der Waals surface area (Å²) in [7, 11) is 0. The lowest BCUT2D eigenvalue weighted by Gasteiger charge is -2.52. The number of esters is 1. The highest BCUT2D eigenvalue weighted by Crippen LogP contribution is 2.52. The molecule has 0 saturated heterocycles. The lowest BCUT2D eigenvalue weighted by atomic mass is 9.57. The zero-order valence-corrected chi connectivity index (χ0v) is 24.5. The van der Waals surface area contributed by atoms with Crippen molar-refractivity contribution in [3.8, 4) is 5.75 Å². The first kappa shape index (κ1) is 28.0. The summed E-state index contributed by atoms with van der Waals surface area (Å²) in [5.74, 6) is 0.763. The number of fused-ring (bicyclic) bond motifs is 3. The van der Waals surface area contributed by atoms with Gasteiger partial charge in [0.05, 0.1) is 24.0 Å². The van der Waals surface area contributed by atoms with Gasteiger partial charge < -0.3 is 19.5 Å². The SMILES string of the molecule is C=CC[C@H](O)[C@@]1(C)CC[C@H]1CN1CC2(CCCc3cc(Cl)ccc32)COc2ccc(C(=O)OC(C)(C)C)cc21. The summed E-state index contributed by atoms with van der Waals surface area (Å²) < 4.78 is 12.3. The third kappa shape index (κ3) is 5.45. The van der Waals surface area contributed by atoms with Crippen LogP contribution in [0, 0.1) is 11.3 Å². The number of ether oxygens (including phenoxy) is 2. The zero-order valence-electron chi connectivity index (χ0n) is 23.8. The van der Waals surface area contributed by atoms with E-state index in [1.165, 1.54) is 11.1 Å². The van der Waals surface area contributed by atoms with E-state index < -0.39 is 11.7 Å². The Kier molecular flexibility index (Phi) is 7.54. The molecule has 5 rings (SSSR count). The van der Waals surface area contributed by atoms with Gasteiger partial charge >= 0.3 is 5.97 Å². The minimum absolute atomic E-state index is 0.171. The van der Waals surface area contributed by atoms with E-state index in [4.69, 9.17) is 21.1 Å². The van der Waals surface area contributed by atoms with Crippen molar-refractivity contribution in [2.75, 3.05) is 24.6 Å². The number of aliphatic hydroxyl groups excluding tert-OH is 1. The van der Waals surface area contributed by atoms with Crippen LogP contribution >= 0.6 is 11.6 Å². The fourth-order valence-electron chi connectivity index (χ4n) is 6.81. The smallest absolute Gasteiger partial charge is 0.338 e. The number of anilines is 1. The van der Waals surface area contributed by atoms with Crippen LogP contribution in [0.15, 0.2) is 49.1 Å². The number of nitrogens with zero attached hydrogens (tertiary/aromatic N) is 1. The van der Waals surface area contributed by atoms with E-state index in [1.807, 2.05) is 45.0 Å². The van der Waals surface area contributed by atoms with Gasteiger partial charge in [-0.3, -0.25) is 0 Å². The van der Waals surface area contributed by atoms with Gasteiger partial charge in [0, 0.05) is 23.5 Å². The molecule has 1 unspecified atom stereocenters. The second kappa shape index (κ2) is 10.5. The molecule has 2 aromatic rings. The van der Waals surface area contributed by atoms with Gasteiger partial charge in [0.1, 0.15) is 11.4 Å². The number of hydrogen-bond donors (Lipinski definition) is 1. The molecule has 2 aliphatic carbocycles. The van der Waals surface area contributed by atoms with Crippen LogP contribution in [0.5, 0.6) is 5.75 Å². The summed E-state index contributed by atoms with van der Waals surface area (Å²) in [6, 6.07) is 11.9. The average Bonchev–Trinajstić information content (AvgIpc) is 3.02. The molecule has 0 bridgehead atoms. The first-order valence-corrected chi connectivity index (χ1v) is 14.6. The van der Waals surface area contributed by atoms with Crippen molar-refractivity contribution in [1.82, 2.24) is 0 Å². The molecule has 1 saturated carbocycles. The number of carbonyl (C=O) groups is 1. The molecule has 4 atom stereocenters. The first-order valence-electron chi connectivity index (χ1n) is 14.3. The largest absolute Gasteiger partial charge is 0.490 e. The van der Waals surface area contributed by atoms with Gasteiger partial charge in [0.15, 0.2) is 0 Å². The maximum absolute atomic E-state index is 13.0. The molecule has 3 aliphatic rings. The Morgan fingerprint density at radius 1 is 1.28 bits per heavy atom. The van der Waals surface area contributed by atoms with Crippen LogP contribution in [-0.4, -0.2) is 42.5 Å². The third-order valence-electron chi connectivity index (χ3n) is 9.23. The van der Waals surface area contributed by atoms with Gasteiger partial charge in [-0.1, -0.05) is 30.7 Å². The number of aliphatic hydroxyl groups is 1. The molecule has 210 valence electrons. The summed E-state index contributed by atoms with van der Waals surface area (Å²) in [6.07, 6.45) is 7.14. The topological polar surface area (TPSA) is 59.0 Å². The van der Waals surface area contributed by atoms with Gasteiger partial charge in [0.2, 0.25) is 0 Å².